The quantitative estimate of drug-likeness (QED) is 0.152. The first-order chi connectivity index (χ1) is 37.6. The SMILES string of the molecule is CCC1C(c2cc(-n3c4ccccc4c4cc5ccccc5cc43)c3sc4cc5ccccc5cc4c3c2)CCC(C)C(c2ccc(-c3ccccc3)cc2)[N-]C1c1cccc2c3ccccc3n(-c3ccccc3)c12. The highest BCUT2D eigenvalue weighted by molar-refractivity contribution is 7.26. The van der Waals surface area contributed by atoms with Crippen molar-refractivity contribution in [3.63, 3.8) is 0 Å². The predicted molar refractivity (Wildman–Crippen MR) is 325 cm³/mol. The molecule has 0 bridgehead atoms. The number of fused-ring (bicyclic) bond motifs is 11. The summed E-state index contributed by atoms with van der Waals surface area (Å²) in [6, 6.07) is 88.8. The van der Waals surface area contributed by atoms with Gasteiger partial charge in [-0.15, -0.1) is 23.4 Å². The Morgan fingerprint density at radius 3 is 1.76 bits per heavy atom. The Hall–Kier alpha value is -8.28. The summed E-state index contributed by atoms with van der Waals surface area (Å²) in [6.07, 6.45) is 3.08. The van der Waals surface area contributed by atoms with Crippen molar-refractivity contribution < 1.29 is 0 Å². The van der Waals surface area contributed by atoms with Crippen LogP contribution in [0.25, 0.3) is 113 Å². The standard InChI is InChI=1S/C72H56N3S/c1-3-55-56(53-41-63-62-40-50-22-11-13-24-52(50)44-68(62)76-72(63)67(43-53)75-65-32-17-15-28-58(65)61-39-49-21-10-12-23-51(49)42-66(61)75)38-33-45(2)69(48-36-34-47(35-37-48)46-19-6-4-7-20-46)73-70(55)60-30-18-29-59-57-27-14-16-31-64(57)74(71(59)60)54-25-8-5-9-26-54/h4-32,34-37,39-45,55-56,69-70H,3,33,38H2,1-2H3/q-1. The van der Waals surface area contributed by atoms with Crippen molar-refractivity contribution in [3.05, 3.63) is 259 Å². The molecule has 366 valence electrons. The molecule has 4 heterocycles. The Kier molecular flexibility index (Phi) is 10.8. The molecule has 0 N–H and O–H groups in total. The Morgan fingerprint density at radius 2 is 1.04 bits per heavy atom. The van der Waals surface area contributed by atoms with Gasteiger partial charge in [0, 0.05) is 42.7 Å². The first-order valence-electron chi connectivity index (χ1n) is 27.3. The second-order valence-electron chi connectivity index (χ2n) is 21.5. The van der Waals surface area contributed by atoms with Crippen molar-refractivity contribution in [3.8, 4) is 22.5 Å². The first-order valence-corrected chi connectivity index (χ1v) is 28.1. The van der Waals surface area contributed by atoms with E-state index in [0.29, 0.717) is 5.92 Å². The van der Waals surface area contributed by atoms with Crippen LogP contribution in [0.2, 0.25) is 0 Å². The number of aromatic nitrogens is 2. The average molecular weight is 995 g/mol. The van der Waals surface area contributed by atoms with Crippen LogP contribution in [0.1, 0.15) is 67.8 Å². The molecule has 5 unspecified atom stereocenters. The van der Waals surface area contributed by atoms with Gasteiger partial charge in [-0.1, -0.05) is 214 Å². The number of para-hydroxylation sites is 4. The van der Waals surface area contributed by atoms with Crippen LogP contribution in [-0.4, -0.2) is 9.13 Å². The molecule has 1 aliphatic rings. The summed E-state index contributed by atoms with van der Waals surface area (Å²) < 4.78 is 7.79. The van der Waals surface area contributed by atoms with Gasteiger partial charge in [0.25, 0.3) is 0 Å². The molecule has 3 aromatic heterocycles. The molecule has 1 fully saturated rings. The highest BCUT2D eigenvalue weighted by Gasteiger charge is 2.34. The van der Waals surface area contributed by atoms with E-state index in [0.717, 1.165) is 19.3 Å². The van der Waals surface area contributed by atoms with E-state index in [2.05, 4.69) is 260 Å². The van der Waals surface area contributed by atoms with E-state index >= 15 is 0 Å². The lowest BCUT2D eigenvalue weighted by atomic mass is 9.71. The van der Waals surface area contributed by atoms with E-state index < -0.39 is 0 Å². The number of nitrogens with zero attached hydrogens (tertiary/aromatic N) is 3. The van der Waals surface area contributed by atoms with E-state index in [1.807, 2.05) is 11.3 Å². The van der Waals surface area contributed by atoms with Crippen LogP contribution in [-0.2, 0) is 0 Å². The molecule has 11 aromatic carbocycles. The summed E-state index contributed by atoms with van der Waals surface area (Å²) in [5.74, 6) is 0.691. The van der Waals surface area contributed by atoms with Crippen LogP contribution in [0.15, 0.2) is 237 Å². The van der Waals surface area contributed by atoms with Crippen molar-refractivity contribution >= 4 is 96.7 Å². The van der Waals surface area contributed by atoms with Gasteiger partial charge in [0.05, 0.1) is 32.5 Å². The highest BCUT2D eigenvalue weighted by atomic mass is 32.1. The zero-order chi connectivity index (χ0) is 50.4. The zero-order valence-corrected chi connectivity index (χ0v) is 43.6. The van der Waals surface area contributed by atoms with Crippen molar-refractivity contribution in [1.29, 1.82) is 0 Å². The van der Waals surface area contributed by atoms with E-state index in [1.165, 1.54) is 125 Å². The monoisotopic (exact) mass is 994 g/mol. The normalized spacial score (nSPS) is 18.4. The van der Waals surface area contributed by atoms with Gasteiger partial charge in [-0.2, -0.15) is 0 Å². The lowest BCUT2D eigenvalue weighted by Crippen LogP contribution is -2.27. The van der Waals surface area contributed by atoms with Crippen molar-refractivity contribution in [2.75, 3.05) is 0 Å². The van der Waals surface area contributed by atoms with Crippen LogP contribution in [0.3, 0.4) is 0 Å². The van der Waals surface area contributed by atoms with Gasteiger partial charge in [-0.25, -0.2) is 0 Å². The Labute approximate surface area is 447 Å². The van der Waals surface area contributed by atoms with Crippen LogP contribution in [0.4, 0.5) is 0 Å². The highest BCUT2D eigenvalue weighted by Crippen LogP contribution is 2.55. The molecule has 15 rings (SSSR count). The van der Waals surface area contributed by atoms with E-state index in [1.54, 1.807) is 0 Å². The summed E-state index contributed by atoms with van der Waals surface area (Å²) in [7, 11) is 0. The van der Waals surface area contributed by atoms with Gasteiger partial charge >= 0.3 is 0 Å². The molecule has 0 aliphatic carbocycles. The van der Waals surface area contributed by atoms with Crippen molar-refractivity contribution in [2.24, 2.45) is 11.8 Å². The topological polar surface area (TPSA) is 24.0 Å². The number of hydrogen-bond donors (Lipinski definition) is 0. The Morgan fingerprint density at radius 1 is 0.447 bits per heavy atom. The lowest BCUT2D eigenvalue weighted by Gasteiger charge is -2.52. The summed E-state index contributed by atoms with van der Waals surface area (Å²) >= 11 is 1.95. The molecule has 1 aliphatic heterocycles. The third-order valence-electron chi connectivity index (χ3n) is 17.3. The molecular weight excluding hydrogens is 939 g/mol. The Bertz CT molecular complexity index is 4520. The summed E-state index contributed by atoms with van der Waals surface area (Å²) in [6.45, 7) is 4.90. The summed E-state index contributed by atoms with van der Waals surface area (Å²) in [5.41, 5.74) is 13.9. The molecule has 14 aromatic rings. The van der Waals surface area contributed by atoms with E-state index in [-0.39, 0.29) is 23.9 Å². The second-order valence-corrected chi connectivity index (χ2v) is 22.5. The van der Waals surface area contributed by atoms with Crippen LogP contribution >= 0.6 is 11.3 Å². The van der Waals surface area contributed by atoms with Crippen LogP contribution in [0, 0.1) is 11.8 Å². The minimum atomic E-state index is -0.117. The predicted octanol–water partition coefficient (Wildman–Crippen LogP) is 20.6. The van der Waals surface area contributed by atoms with E-state index in [9.17, 15) is 0 Å². The summed E-state index contributed by atoms with van der Waals surface area (Å²) in [5, 5.41) is 19.2. The van der Waals surface area contributed by atoms with Gasteiger partial charge in [0.1, 0.15) is 0 Å². The fourth-order valence-corrected chi connectivity index (χ4v) is 14.8. The Balaban J connectivity index is 0.984. The number of thiophene rings is 1. The molecule has 1 saturated heterocycles. The average Bonchev–Trinajstić information content (AvgIpc) is 4.13. The fourth-order valence-electron chi connectivity index (χ4n) is 13.6. The largest absolute Gasteiger partial charge is 0.649 e. The third kappa shape index (κ3) is 7.26. The van der Waals surface area contributed by atoms with Gasteiger partial charge in [0.2, 0.25) is 0 Å². The molecule has 5 atom stereocenters. The molecule has 0 amide bonds. The van der Waals surface area contributed by atoms with Gasteiger partial charge in [-0.3, -0.25) is 0 Å². The minimum Gasteiger partial charge on any atom is -0.649 e. The maximum Gasteiger partial charge on any atom is 0.0643 e. The van der Waals surface area contributed by atoms with Crippen LogP contribution in [0.5, 0.6) is 0 Å². The van der Waals surface area contributed by atoms with Crippen molar-refractivity contribution in [2.45, 2.75) is 51.1 Å². The van der Waals surface area contributed by atoms with Crippen LogP contribution < -0.4 is 0 Å². The van der Waals surface area contributed by atoms with E-state index in [4.69, 9.17) is 5.32 Å². The van der Waals surface area contributed by atoms with Crippen molar-refractivity contribution in [1.82, 2.24) is 9.13 Å². The second kappa shape index (κ2) is 18.2. The smallest absolute Gasteiger partial charge is 0.0643 e. The molecule has 0 saturated carbocycles. The summed E-state index contributed by atoms with van der Waals surface area (Å²) in [4.78, 5) is 0. The molecule has 76 heavy (non-hydrogen) atoms. The maximum absolute atomic E-state index is 6.35. The molecule has 0 spiro atoms. The number of benzene rings is 11. The maximum atomic E-state index is 6.35. The van der Waals surface area contributed by atoms with Gasteiger partial charge in [-0.05, 0) is 123 Å². The van der Waals surface area contributed by atoms with Gasteiger partial charge < -0.3 is 14.5 Å². The number of hydrogen-bond acceptors (Lipinski definition) is 1. The fraction of sp³-hybridized carbons (Fsp3) is 0.139. The third-order valence-corrected chi connectivity index (χ3v) is 18.4. The lowest BCUT2D eigenvalue weighted by molar-refractivity contribution is 0.281. The minimum absolute atomic E-state index is 0.00852. The molecule has 4 heteroatoms. The molecule has 3 nitrogen and oxygen atoms in total. The molecular formula is C72H56N3S-. The first kappa shape index (κ1) is 45.1. The number of rotatable bonds is 7. The zero-order valence-electron chi connectivity index (χ0n) is 42.8. The van der Waals surface area contributed by atoms with Gasteiger partial charge in [0.15, 0.2) is 0 Å². The molecule has 0 radical (unpaired) electrons.